The molecule has 0 bridgehead atoms. The zero-order chi connectivity index (χ0) is 12.8. The van der Waals surface area contributed by atoms with Crippen molar-refractivity contribution in [2.75, 3.05) is 13.1 Å². The Morgan fingerprint density at radius 2 is 1.53 bits per heavy atom. The second-order valence-corrected chi connectivity index (χ2v) is 4.03. The largest absolute Gasteiger partial charge is 0.508 e. The molecule has 1 rings (SSSR count). The number of amides is 1. The van der Waals surface area contributed by atoms with Crippen LogP contribution in [0.15, 0.2) is 18.2 Å². The SMILES string of the molecule is CCCN(CCC)C(=O)c1cc(O)cc(O)c1. The predicted molar refractivity (Wildman–Crippen MR) is 66.3 cm³/mol. The molecule has 4 heteroatoms. The summed E-state index contributed by atoms with van der Waals surface area (Å²) < 4.78 is 0. The number of carbonyl (C=O) groups is 1. The molecule has 0 spiro atoms. The van der Waals surface area contributed by atoms with Crippen LogP contribution < -0.4 is 0 Å². The van der Waals surface area contributed by atoms with Crippen molar-refractivity contribution in [2.45, 2.75) is 26.7 Å². The number of phenolic OH excluding ortho intramolecular Hbond substituents is 2. The minimum Gasteiger partial charge on any atom is -0.508 e. The first-order valence-electron chi connectivity index (χ1n) is 5.90. The molecule has 0 atom stereocenters. The third-order valence-electron chi connectivity index (χ3n) is 2.42. The van der Waals surface area contributed by atoms with Gasteiger partial charge in [0.1, 0.15) is 11.5 Å². The van der Waals surface area contributed by atoms with Gasteiger partial charge in [-0.25, -0.2) is 0 Å². The summed E-state index contributed by atoms with van der Waals surface area (Å²) in [7, 11) is 0. The van der Waals surface area contributed by atoms with Gasteiger partial charge < -0.3 is 15.1 Å². The van der Waals surface area contributed by atoms with Gasteiger partial charge in [-0.3, -0.25) is 4.79 Å². The van der Waals surface area contributed by atoms with Crippen molar-refractivity contribution >= 4 is 5.91 Å². The average Bonchev–Trinajstić information content (AvgIpc) is 2.26. The zero-order valence-corrected chi connectivity index (χ0v) is 10.3. The molecule has 0 radical (unpaired) electrons. The van der Waals surface area contributed by atoms with Gasteiger partial charge in [0.05, 0.1) is 0 Å². The van der Waals surface area contributed by atoms with Crippen molar-refractivity contribution in [3.63, 3.8) is 0 Å². The second kappa shape index (κ2) is 6.13. The lowest BCUT2D eigenvalue weighted by Gasteiger charge is -2.21. The molecule has 1 amide bonds. The summed E-state index contributed by atoms with van der Waals surface area (Å²) in [6.07, 6.45) is 1.77. The van der Waals surface area contributed by atoms with Gasteiger partial charge in [0.2, 0.25) is 0 Å². The van der Waals surface area contributed by atoms with Crippen LogP contribution in [0.1, 0.15) is 37.0 Å². The second-order valence-electron chi connectivity index (χ2n) is 4.03. The lowest BCUT2D eigenvalue weighted by molar-refractivity contribution is 0.0754. The summed E-state index contributed by atoms with van der Waals surface area (Å²) in [6.45, 7) is 5.39. The van der Waals surface area contributed by atoms with Crippen molar-refractivity contribution < 1.29 is 15.0 Å². The van der Waals surface area contributed by atoms with E-state index < -0.39 is 0 Å². The van der Waals surface area contributed by atoms with Crippen LogP contribution in [0.3, 0.4) is 0 Å². The van der Waals surface area contributed by atoms with Crippen LogP contribution in [0, 0.1) is 0 Å². The lowest BCUT2D eigenvalue weighted by Crippen LogP contribution is -2.32. The molecular formula is C13H19NO3. The number of aromatic hydroxyl groups is 2. The van der Waals surface area contributed by atoms with E-state index in [1.165, 1.54) is 18.2 Å². The molecule has 0 saturated heterocycles. The fourth-order valence-corrected chi connectivity index (χ4v) is 1.76. The molecule has 0 aliphatic rings. The monoisotopic (exact) mass is 237 g/mol. The van der Waals surface area contributed by atoms with Crippen LogP contribution in [0.25, 0.3) is 0 Å². The van der Waals surface area contributed by atoms with Crippen LogP contribution in [-0.2, 0) is 0 Å². The first-order valence-corrected chi connectivity index (χ1v) is 5.90. The quantitative estimate of drug-likeness (QED) is 0.826. The Bertz CT molecular complexity index is 364. The fraction of sp³-hybridized carbons (Fsp3) is 0.462. The van der Waals surface area contributed by atoms with Gasteiger partial charge in [-0.1, -0.05) is 13.8 Å². The third kappa shape index (κ3) is 3.66. The molecule has 0 heterocycles. The maximum Gasteiger partial charge on any atom is 0.254 e. The highest BCUT2D eigenvalue weighted by Crippen LogP contribution is 2.21. The summed E-state index contributed by atoms with van der Waals surface area (Å²) in [5.41, 5.74) is 0.324. The van der Waals surface area contributed by atoms with E-state index in [9.17, 15) is 15.0 Å². The summed E-state index contributed by atoms with van der Waals surface area (Å²) in [5, 5.41) is 18.7. The summed E-state index contributed by atoms with van der Waals surface area (Å²) >= 11 is 0. The number of hydrogen-bond donors (Lipinski definition) is 2. The lowest BCUT2D eigenvalue weighted by atomic mass is 10.1. The Kier molecular flexibility index (Phi) is 4.82. The van der Waals surface area contributed by atoms with E-state index in [0.717, 1.165) is 12.8 Å². The third-order valence-corrected chi connectivity index (χ3v) is 2.42. The standard InChI is InChI=1S/C13H19NO3/c1-3-5-14(6-4-2)13(17)10-7-11(15)9-12(16)8-10/h7-9,15-16H,3-6H2,1-2H3. The van der Waals surface area contributed by atoms with Crippen molar-refractivity contribution in [3.05, 3.63) is 23.8 Å². The molecule has 4 nitrogen and oxygen atoms in total. The van der Waals surface area contributed by atoms with E-state index >= 15 is 0 Å². The summed E-state index contributed by atoms with van der Waals surface area (Å²) in [4.78, 5) is 13.9. The molecule has 0 aliphatic heterocycles. The van der Waals surface area contributed by atoms with Gasteiger partial charge in [0, 0.05) is 24.7 Å². The first kappa shape index (κ1) is 13.4. The van der Waals surface area contributed by atoms with Crippen LogP contribution >= 0.6 is 0 Å². The molecule has 2 N–H and O–H groups in total. The number of benzene rings is 1. The molecule has 0 aliphatic carbocycles. The summed E-state index contributed by atoms with van der Waals surface area (Å²) in [6, 6.07) is 3.96. The van der Waals surface area contributed by atoms with E-state index in [-0.39, 0.29) is 17.4 Å². The van der Waals surface area contributed by atoms with Gasteiger partial charge in [0.25, 0.3) is 5.91 Å². The number of rotatable bonds is 5. The van der Waals surface area contributed by atoms with E-state index in [4.69, 9.17) is 0 Å². The van der Waals surface area contributed by atoms with Crippen LogP contribution in [-0.4, -0.2) is 34.1 Å². The van der Waals surface area contributed by atoms with E-state index in [2.05, 4.69) is 0 Å². The predicted octanol–water partition coefficient (Wildman–Crippen LogP) is 2.36. The van der Waals surface area contributed by atoms with Crippen molar-refractivity contribution in [1.82, 2.24) is 4.90 Å². The van der Waals surface area contributed by atoms with Crippen molar-refractivity contribution in [2.24, 2.45) is 0 Å². The minimum absolute atomic E-state index is 0.0960. The maximum atomic E-state index is 12.1. The molecule has 0 saturated carbocycles. The van der Waals surface area contributed by atoms with Crippen molar-refractivity contribution in [1.29, 1.82) is 0 Å². The molecule has 0 aromatic heterocycles. The van der Waals surface area contributed by atoms with Crippen molar-refractivity contribution in [3.8, 4) is 11.5 Å². The summed E-state index contributed by atoms with van der Waals surface area (Å²) in [5.74, 6) is -0.345. The highest BCUT2D eigenvalue weighted by molar-refractivity contribution is 5.95. The smallest absolute Gasteiger partial charge is 0.254 e. The Hall–Kier alpha value is -1.71. The molecular weight excluding hydrogens is 218 g/mol. The van der Waals surface area contributed by atoms with Gasteiger partial charge >= 0.3 is 0 Å². The average molecular weight is 237 g/mol. The Morgan fingerprint density at radius 1 is 1.06 bits per heavy atom. The highest BCUT2D eigenvalue weighted by Gasteiger charge is 2.15. The number of phenols is 2. The molecule has 0 unspecified atom stereocenters. The normalized spacial score (nSPS) is 10.2. The Morgan fingerprint density at radius 3 is 1.94 bits per heavy atom. The van der Waals surface area contributed by atoms with Crippen LogP contribution in [0.4, 0.5) is 0 Å². The van der Waals surface area contributed by atoms with Gasteiger partial charge in [-0.05, 0) is 25.0 Å². The van der Waals surface area contributed by atoms with Crippen LogP contribution in [0.2, 0.25) is 0 Å². The zero-order valence-electron chi connectivity index (χ0n) is 10.3. The maximum absolute atomic E-state index is 12.1. The minimum atomic E-state index is -0.153. The van der Waals surface area contributed by atoms with E-state index in [0.29, 0.717) is 18.7 Å². The topological polar surface area (TPSA) is 60.8 Å². The van der Waals surface area contributed by atoms with E-state index in [1.54, 1.807) is 4.90 Å². The molecule has 94 valence electrons. The van der Waals surface area contributed by atoms with Crippen LogP contribution in [0.5, 0.6) is 11.5 Å². The molecule has 1 aromatic carbocycles. The highest BCUT2D eigenvalue weighted by atomic mass is 16.3. The molecule has 1 aromatic rings. The Labute approximate surface area is 101 Å². The van der Waals surface area contributed by atoms with Gasteiger partial charge in [0.15, 0.2) is 0 Å². The Balaban J connectivity index is 2.92. The van der Waals surface area contributed by atoms with E-state index in [1.807, 2.05) is 13.8 Å². The van der Waals surface area contributed by atoms with Gasteiger partial charge in [-0.15, -0.1) is 0 Å². The molecule has 0 fully saturated rings. The fourth-order valence-electron chi connectivity index (χ4n) is 1.76. The number of hydrogen-bond acceptors (Lipinski definition) is 3. The number of carbonyl (C=O) groups excluding carboxylic acids is 1. The molecule has 17 heavy (non-hydrogen) atoms. The first-order chi connectivity index (χ1) is 8.08. The number of nitrogens with zero attached hydrogens (tertiary/aromatic N) is 1. The van der Waals surface area contributed by atoms with Gasteiger partial charge in [-0.2, -0.15) is 0 Å².